The van der Waals surface area contributed by atoms with Gasteiger partial charge >= 0.3 is 0 Å². The Morgan fingerprint density at radius 3 is 2.76 bits per heavy atom. The van der Waals surface area contributed by atoms with E-state index in [9.17, 15) is 14.9 Å². The molecule has 0 aliphatic rings. The van der Waals surface area contributed by atoms with E-state index in [0.29, 0.717) is 10.8 Å². The summed E-state index contributed by atoms with van der Waals surface area (Å²) >= 11 is 1.15. The number of nitrogens with one attached hydrogen (secondary N) is 2. The normalized spacial score (nSPS) is 9.76. The van der Waals surface area contributed by atoms with Crippen LogP contribution in [0.25, 0.3) is 0 Å². The number of aromatic nitrogens is 1. The molecule has 0 aliphatic carbocycles. The van der Waals surface area contributed by atoms with Crippen molar-refractivity contribution in [3.05, 3.63) is 22.2 Å². The van der Waals surface area contributed by atoms with Gasteiger partial charge in [-0.1, -0.05) is 11.8 Å². The number of hydrogen-bond acceptors (Lipinski definition) is 6. The molecule has 0 radical (unpaired) electrons. The lowest BCUT2D eigenvalue weighted by atomic mass is 10.4. The molecule has 0 saturated carbocycles. The molecule has 0 aromatic carbocycles. The molecule has 0 spiro atoms. The van der Waals surface area contributed by atoms with Crippen molar-refractivity contribution >= 4 is 29.2 Å². The predicted molar refractivity (Wildman–Crippen MR) is 65.2 cm³/mol. The molecular weight excluding hydrogens is 244 g/mol. The minimum absolute atomic E-state index is 0.0521. The number of nitrogens with zero attached hydrogens (tertiary/aromatic N) is 2. The first-order valence-electron chi connectivity index (χ1n) is 4.74. The Kier molecular flexibility index (Phi) is 4.70. The summed E-state index contributed by atoms with van der Waals surface area (Å²) in [6, 6.07) is 2.68. The largest absolute Gasteiger partial charge is 0.373 e. The second-order valence-electron chi connectivity index (χ2n) is 3.02. The number of carbonyl (C=O) groups excluding carboxylic acids is 1. The van der Waals surface area contributed by atoms with Gasteiger partial charge in [-0.05, 0) is 0 Å². The summed E-state index contributed by atoms with van der Waals surface area (Å²) in [5, 5.41) is 16.3. The van der Waals surface area contributed by atoms with Crippen molar-refractivity contribution < 1.29 is 9.72 Å². The summed E-state index contributed by atoms with van der Waals surface area (Å²) in [6.07, 6.45) is 0. The molecule has 0 atom stereocenters. The number of thioether (sulfide) groups is 1. The van der Waals surface area contributed by atoms with Crippen LogP contribution in [0.2, 0.25) is 0 Å². The lowest BCUT2D eigenvalue weighted by Crippen LogP contribution is -2.19. The Balaban J connectivity index is 2.87. The zero-order chi connectivity index (χ0) is 12.8. The third-order valence-corrected chi connectivity index (χ3v) is 2.79. The Labute approximate surface area is 102 Å². The van der Waals surface area contributed by atoms with Crippen LogP contribution in [0.5, 0.6) is 0 Å². The van der Waals surface area contributed by atoms with Gasteiger partial charge in [0.2, 0.25) is 5.91 Å². The Hall–Kier alpha value is -1.83. The minimum Gasteiger partial charge on any atom is -0.373 e. The third kappa shape index (κ3) is 3.91. The molecule has 1 aromatic heterocycles. The molecule has 2 N–H and O–H groups in total. The van der Waals surface area contributed by atoms with Crippen LogP contribution in [-0.4, -0.2) is 35.7 Å². The highest BCUT2D eigenvalue weighted by molar-refractivity contribution is 7.99. The van der Waals surface area contributed by atoms with Crippen molar-refractivity contribution in [2.75, 3.05) is 25.2 Å². The van der Waals surface area contributed by atoms with Crippen molar-refractivity contribution in [2.24, 2.45) is 0 Å². The van der Waals surface area contributed by atoms with Crippen molar-refractivity contribution in [1.29, 1.82) is 0 Å². The van der Waals surface area contributed by atoms with Gasteiger partial charge in [0, 0.05) is 20.2 Å². The second kappa shape index (κ2) is 6.04. The predicted octanol–water partition coefficient (Wildman–Crippen LogP) is 0.870. The summed E-state index contributed by atoms with van der Waals surface area (Å²) < 4.78 is 0. The van der Waals surface area contributed by atoms with Crippen LogP contribution in [0.3, 0.4) is 0 Å². The van der Waals surface area contributed by atoms with Crippen LogP contribution in [0, 0.1) is 10.1 Å². The van der Waals surface area contributed by atoms with E-state index in [0.717, 1.165) is 11.8 Å². The molecule has 0 fully saturated rings. The molecule has 1 heterocycles. The van der Waals surface area contributed by atoms with Crippen LogP contribution in [0.4, 0.5) is 11.5 Å². The molecule has 17 heavy (non-hydrogen) atoms. The van der Waals surface area contributed by atoms with E-state index >= 15 is 0 Å². The number of anilines is 1. The van der Waals surface area contributed by atoms with Crippen LogP contribution in [0.1, 0.15) is 0 Å². The van der Waals surface area contributed by atoms with Crippen LogP contribution >= 0.6 is 11.8 Å². The third-order valence-electron chi connectivity index (χ3n) is 1.88. The lowest BCUT2D eigenvalue weighted by molar-refractivity contribution is -0.385. The van der Waals surface area contributed by atoms with E-state index in [1.165, 1.54) is 19.2 Å². The molecule has 0 saturated heterocycles. The quantitative estimate of drug-likeness (QED) is 0.461. The maximum Gasteiger partial charge on any atom is 0.275 e. The Morgan fingerprint density at radius 2 is 2.24 bits per heavy atom. The molecular formula is C9H12N4O3S. The number of pyridine rings is 1. The molecule has 0 aliphatic heterocycles. The molecule has 1 amide bonds. The topological polar surface area (TPSA) is 97.2 Å². The van der Waals surface area contributed by atoms with Gasteiger partial charge in [0.05, 0.1) is 16.7 Å². The number of carbonyl (C=O) groups is 1. The highest BCUT2D eigenvalue weighted by atomic mass is 32.2. The smallest absolute Gasteiger partial charge is 0.275 e. The lowest BCUT2D eigenvalue weighted by Gasteiger charge is -2.03. The summed E-state index contributed by atoms with van der Waals surface area (Å²) in [7, 11) is 3.15. The zero-order valence-corrected chi connectivity index (χ0v) is 10.2. The molecule has 8 heteroatoms. The SMILES string of the molecule is CNC(=O)CSc1cc([N+](=O)[O-])cc(NC)n1. The van der Waals surface area contributed by atoms with E-state index in [4.69, 9.17) is 0 Å². The summed E-state index contributed by atoms with van der Waals surface area (Å²) in [6.45, 7) is 0. The minimum atomic E-state index is -0.494. The van der Waals surface area contributed by atoms with Gasteiger partial charge in [-0.3, -0.25) is 14.9 Å². The molecule has 1 aromatic rings. The average molecular weight is 256 g/mol. The first-order chi connectivity index (χ1) is 8.06. The number of rotatable bonds is 5. The Bertz CT molecular complexity index is 438. The van der Waals surface area contributed by atoms with Crippen LogP contribution in [-0.2, 0) is 4.79 Å². The first kappa shape index (κ1) is 13.2. The fourth-order valence-corrected chi connectivity index (χ4v) is 1.80. The van der Waals surface area contributed by atoms with E-state index in [1.807, 2.05) is 0 Å². The first-order valence-corrected chi connectivity index (χ1v) is 5.73. The van der Waals surface area contributed by atoms with E-state index in [1.54, 1.807) is 7.05 Å². The fraction of sp³-hybridized carbons (Fsp3) is 0.333. The molecule has 0 bridgehead atoms. The molecule has 92 valence electrons. The fourth-order valence-electron chi connectivity index (χ4n) is 1.01. The van der Waals surface area contributed by atoms with Crippen LogP contribution < -0.4 is 10.6 Å². The maximum absolute atomic E-state index is 11.0. The van der Waals surface area contributed by atoms with Gasteiger partial charge in [0.25, 0.3) is 5.69 Å². The summed E-state index contributed by atoms with van der Waals surface area (Å²) in [4.78, 5) is 25.3. The standard InChI is InChI=1S/C9H12N4O3S/c1-10-7-3-6(13(15)16)4-9(12-7)17-5-8(14)11-2/h3-4H,5H2,1-2H3,(H,10,12)(H,11,14). The van der Waals surface area contributed by atoms with Crippen LogP contribution in [0.15, 0.2) is 17.2 Å². The van der Waals surface area contributed by atoms with Gasteiger partial charge in [0.15, 0.2) is 0 Å². The second-order valence-corrected chi connectivity index (χ2v) is 4.01. The van der Waals surface area contributed by atoms with E-state index in [-0.39, 0.29) is 17.3 Å². The van der Waals surface area contributed by atoms with Crippen molar-refractivity contribution in [1.82, 2.24) is 10.3 Å². The molecule has 1 rings (SSSR count). The summed E-state index contributed by atoms with van der Waals surface area (Å²) in [5.74, 6) is 0.418. The summed E-state index contributed by atoms with van der Waals surface area (Å²) in [5.41, 5.74) is -0.0521. The highest BCUT2D eigenvalue weighted by Gasteiger charge is 2.11. The number of nitro groups is 1. The van der Waals surface area contributed by atoms with Crippen molar-refractivity contribution in [2.45, 2.75) is 5.03 Å². The zero-order valence-electron chi connectivity index (χ0n) is 9.39. The number of hydrogen-bond donors (Lipinski definition) is 2. The van der Waals surface area contributed by atoms with Gasteiger partial charge in [-0.2, -0.15) is 0 Å². The number of amides is 1. The average Bonchev–Trinajstić information content (AvgIpc) is 2.35. The highest BCUT2D eigenvalue weighted by Crippen LogP contribution is 2.24. The molecule has 0 unspecified atom stereocenters. The van der Waals surface area contributed by atoms with Gasteiger partial charge in [-0.15, -0.1) is 0 Å². The Morgan fingerprint density at radius 1 is 1.53 bits per heavy atom. The van der Waals surface area contributed by atoms with Gasteiger partial charge in [-0.25, -0.2) is 4.98 Å². The van der Waals surface area contributed by atoms with E-state index < -0.39 is 4.92 Å². The van der Waals surface area contributed by atoms with Gasteiger partial charge in [0.1, 0.15) is 10.8 Å². The maximum atomic E-state index is 11.0. The van der Waals surface area contributed by atoms with Gasteiger partial charge < -0.3 is 10.6 Å². The monoisotopic (exact) mass is 256 g/mol. The van der Waals surface area contributed by atoms with E-state index in [2.05, 4.69) is 15.6 Å². The van der Waals surface area contributed by atoms with Crippen molar-refractivity contribution in [3.63, 3.8) is 0 Å². The molecule has 7 nitrogen and oxygen atoms in total. The van der Waals surface area contributed by atoms with Crippen molar-refractivity contribution in [3.8, 4) is 0 Å².